The number of hydrogen-bond donors (Lipinski definition) is 2. The highest BCUT2D eigenvalue weighted by molar-refractivity contribution is 6.15. The molecule has 6 rings (SSSR count). The van der Waals surface area contributed by atoms with Crippen LogP contribution in [0.5, 0.6) is 11.5 Å². The van der Waals surface area contributed by atoms with E-state index in [9.17, 15) is 10.2 Å². The quantitative estimate of drug-likeness (QED) is 0.222. The van der Waals surface area contributed by atoms with Crippen LogP contribution >= 0.6 is 0 Å². The number of aliphatic imine (C=N–C) groups is 2. The van der Waals surface area contributed by atoms with E-state index in [0.29, 0.717) is 22.6 Å². The number of benzene rings is 6. The molecular formula is C36H28N2O2. The maximum absolute atomic E-state index is 10.5. The molecule has 6 aromatic rings. The Kier molecular flexibility index (Phi) is 6.59. The molecule has 194 valence electrons. The summed E-state index contributed by atoms with van der Waals surface area (Å²) in [6, 6.07) is 39.3. The monoisotopic (exact) mass is 520 g/mol. The van der Waals surface area contributed by atoms with Gasteiger partial charge in [0.25, 0.3) is 0 Å². The van der Waals surface area contributed by atoms with Crippen LogP contribution < -0.4 is 0 Å². The summed E-state index contributed by atoms with van der Waals surface area (Å²) in [5.41, 5.74) is 6.30. The zero-order chi connectivity index (χ0) is 27.6. The summed E-state index contributed by atoms with van der Waals surface area (Å²) < 4.78 is 0. The number of aromatic hydroxyl groups is 2. The van der Waals surface area contributed by atoms with E-state index in [1.807, 2.05) is 74.5 Å². The number of rotatable bonds is 5. The van der Waals surface area contributed by atoms with E-state index in [1.165, 1.54) is 0 Å². The van der Waals surface area contributed by atoms with Gasteiger partial charge in [0, 0.05) is 33.7 Å². The number of phenols is 2. The van der Waals surface area contributed by atoms with Gasteiger partial charge in [0.05, 0.1) is 11.4 Å². The topological polar surface area (TPSA) is 65.2 Å². The first-order valence-corrected chi connectivity index (χ1v) is 13.2. The van der Waals surface area contributed by atoms with Gasteiger partial charge in [-0.1, -0.05) is 84.9 Å². The zero-order valence-corrected chi connectivity index (χ0v) is 22.3. The van der Waals surface area contributed by atoms with Crippen LogP contribution in [-0.2, 0) is 0 Å². The van der Waals surface area contributed by atoms with Gasteiger partial charge in [-0.05, 0) is 71.8 Å². The summed E-state index contributed by atoms with van der Waals surface area (Å²) in [5, 5.41) is 25.3. The highest BCUT2D eigenvalue weighted by Crippen LogP contribution is 2.46. The maximum atomic E-state index is 10.5. The molecule has 0 unspecified atom stereocenters. The van der Waals surface area contributed by atoms with Crippen LogP contribution in [0.15, 0.2) is 131 Å². The van der Waals surface area contributed by atoms with Crippen molar-refractivity contribution < 1.29 is 10.2 Å². The molecule has 40 heavy (non-hydrogen) atoms. The molecule has 0 saturated heterocycles. The second-order valence-corrected chi connectivity index (χ2v) is 9.79. The third-order valence-corrected chi connectivity index (χ3v) is 7.23. The van der Waals surface area contributed by atoms with E-state index < -0.39 is 0 Å². The molecule has 0 atom stereocenters. The summed E-state index contributed by atoms with van der Waals surface area (Å²) >= 11 is 0. The van der Waals surface area contributed by atoms with E-state index in [0.717, 1.165) is 44.0 Å². The van der Waals surface area contributed by atoms with Gasteiger partial charge < -0.3 is 10.2 Å². The van der Waals surface area contributed by atoms with E-state index >= 15 is 0 Å². The van der Waals surface area contributed by atoms with Crippen molar-refractivity contribution in [3.63, 3.8) is 0 Å². The van der Waals surface area contributed by atoms with Crippen LogP contribution in [0.3, 0.4) is 0 Å². The first-order chi connectivity index (χ1) is 19.5. The fourth-order valence-corrected chi connectivity index (χ4v) is 5.27. The first kappa shape index (κ1) is 25.1. The van der Waals surface area contributed by atoms with Crippen LogP contribution in [-0.4, -0.2) is 21.6 Å². The molecule has 0 aliphatic rings. The van der Waals surface area contributed by atoms with Crippen LogP contribution in [0.2, 0.25) is 0 Å². The highest BCUT2D eigenvalue weighted by atomic mass is 16.3. The van der Waals surface area contributed by atoms with Crippen molar-refractivity contribution in [2.45, 2.75) is 13.8 Å². The van der Waals surface area contributed by atoms with Gasteiger partial charge in [-0.15, -0.1) is 0 Å². The predicted molar refractivity (Wildman–Crippen MR) is 167 cm³/mol. The Morgan fingerprint density at radius 2 is 0.825 bits per heavy atom. The molecule has 2 N–H and O–H groups in total. The molecule has 0 bridgehead atoms. The minimum atomic E-state index is 0.194. The summed E-state index contributed by atoms with van der Waals surface area (Å²) in [6.45, 7) is 3.83. The van der Waals surface area contributed by atoms with Gasteiger partial charge in [-0.3, -0.25) is 9.98 Å². The van der Waals surface area contributed by atoms with Crippen molar-refractivity contribution in [2.75, 3.05) is 0 Å². The van der Waals surface area contributed by atoms with Crippen LogP contribution in [0.1, 0.15) is 25.0 Å². The second-order valence-electron chi connectivity index (χ2n) is 9.79. The van der Waals surface area contributed by atoms with E-state index in [1.54, 1.807) is 24.3 Å². The fourth-order valence-electron chi connectivity index (χ4n) is 5.27. The van der Waals surface area contributed by atoms with Gasteiger partial charge in [-0.25, -0.2) is 0 Å². The largest absolute Gasteiger partial charge is 0.507 e. The SMILES string of the molecule is CC(=Nc1ccc2ccccc2c1-c1c(N=C(C)c2ccccc2O)ccc2ccccc12)c1ccccc1O. The lowest BCUT2D eigenvalue weighted by molar-refractivity contribution is 0.473. The average molecular weight is 521 g/mol. The smallest absolute Gasteiger partial charge is 0.124 e. The highest BCUT2D eigenvalue weighted by Gasteiger charge is 2.18. The fraction of sp³-hybridized carbons (Fsp3) is 0.0556. The number of fused-ring (bicyclic) bond motifs is 2. The van der Waals surface area contributed by atoms with Crippen molar-refractivity contribution in [1.82, 2.24) is 0 Å². The molecule has 0 aliphatic carbocycles. The van der Waals surface area contributed by atoms with E-state index in [2.05, 4.69) is 36.4 Å². The second kappa shape index (κ2) is 10.5. The Hall–Kier alpha value is -5.22. The van der Waals surface area contributed by atoms with Gasteiger partial charge >= 0.3 is 0 Å². The molecule has 4 nitrogen and oxygen atoms in total. The Balaban J connectivity index is 1.69. The van der Waals surface area contributed by atoms with Crippen LogP contribution in [0.25, 0.3) is 32.7 Å². The normalized spacial score (nSPS) is 12.2. The summed E-state index contributed by atoms with van der Waals surface area (Å²) in [5.74, 6) is 0.389. The minimum absolute atomic E-state index is 0.194. The van der Waals surface area contributed by atoms with Gasteiger partial charge in [0.2, 0.25) is 0 Å². The summed E-state index contributed by atoms with van der Waals surface area (Å²) in [4.78, 5) is 10.2. The van der Waals surface area contributed by atoms with Crippen LogP contribution in [0.4, 0.5) is 11.4 Å². The van der Waals surface area contributed by atoms with Gasteiger partial charge in [-0.2, -0.15) is 0 Å². The number of nitrogens with zero attached hydrogens (tertiary/aromatic N) is 2. The molecule has 0 fully saturated rings. The molecule has 0 spiro atoms. The van der Waals surface area contributed by atoms with Crippen molar-refractivity contribution in [3.8, 4) is 22.6 Å². The third kappa shape index (κ3) is 4.61. The minimum Gasteiger partial charge on any atom is -0.507 e. The van der Waals surface area contributed by atoms with Gasteiger partial charge in [0.15, 0.2) is 0 Å². The molecule has 0 saturated carbocycles. The first-order valence-electron chi connectivity index (χ1n) is 13.2. The Morgan fingerprint density at radius 1 is 0.450 bits per heavy atom. The Labute approximate surface area is 233 Å². The molecule has 0 aliphatic heterocycles. The Bertz CT molecular complexity index is 1810. The number of para-hydroxylation sites is 2. The number of phenolic OH excluding ortho intramolecular Hbond substituents is 2. The molecule has 4 heteroatoms. The summed E-state index contributed by atoms with van der Waals surface area (Å²) in [6.07, 6.45) is 0. The van der Waals surface area contributed by atoms with Gasteiger partial charge in [0.1, 0.15) is 11.5 Å². The lowest BCUT2D eigenvalue weighted by atomic mass is 9.91. The molecule has 0 aromatic heterocycles. The maximum Gasteiger partial charge on any atom is 0.124 e. The Morgan fingerprint density at radius 3 is 1.25 bits per heavy atom. The standard InChI is InChI=1S/C36H28N2O2/c1-23(27-13-7-9-17-33(27)39)37-31-21-19-25-11-3-5-15-29(25)35(31)36-30-16-6-4-12-26(30)20-22-32(36)38-24(2)28-14-8-10-18-34(28)40/h3-22,39-40H,1-2H3. The summed E-state index contributed by atoms with van der Waals surface area (Å²) in [7, 11) is 0. The van der Waals surface area contributed by atoms with Crippen molar-refractivity contribution in [1.29, 1.82) is 0 Å². The molecular weight excluding hydrogens is 492 g/mol. The van der Waals surface area contributed by atoms with Crippen molar-refractivity contribution in [2.24, 2.45) is 9.98 Å². The lowest BCUT2D eigenvalue weighted by Gasteiger charge is -2.17. The van der Waals surface area contributed by atoms with Crippen molar-refractivity contribution >= 4 is 44.3 Å². The zero-order valence-electron chi connectivity index (χ0n) is 22.3. The van der Waals surface area contributed by atoms with E-state index in [-0.39, 0.29) is 11.5 Å². The lowest BCUT2D eigenvalue weighted by Crippen LogP contribution is -1.96. The molecule has 0 amide bonds. The molecule has 0 heterocycles. The predicted octanol–water partition coefficient (Wildman–Crippen LogP) is 9.35. The molecule has 0 radical (unpaired) electrons. The van der Waals surface area contributed by atoms with Crippen molar-refractivity contribution in [3.05, 3.63) is 132 Å². The third-order valence-electron chi connectivity index (χ3n) is 7.23. The molecule has 6 aromatic carbocycles. The van der Waals surface area contributed by atoms with E-state index in [4.69, 9.17) is 9.98 Å². The average Bonchev–Trinajstić information content (AvgIpc) is 2.97. The number of hydrogen-bond acceptors (Lipinski definition) is 4. The van der Waals surface area contributed by atoms with Crippen LogP contribution in [0, 0.1) is 0 Å².